The number of hydrogen-bond donors (Lipinski definition) is 2. The Balaban J connectivity index is 1.77. The van der Waals surface area contributed by atoms with Crippen molar-refractivity contribution in [3.63, 3.8) is 0 Å². The molecule has 26 heavy (non-hydrogen) atoms. The summed E-state index contributed by atoms with van der Waals surface area (Å²) in [7, 11) is 1.53. The van der Waals surface area contributed by atoms with Gasteiger partial charge in [0.1, 0.15) is 17.8 Å². The third-order valence-electron chi connectivity index (χ3n) is 4.32. The van der Waals surface area contributed by atoms with Gasteiger partial charge in [-0.2, -0.15) is 4.68 Å². The average molecular weight is 360 g/mol. The summed E-state index contributed by atoms with van der Waals surface area (Å²) in [6.07, 6.45) is 2.00. The maximum absolute atomic E-state index is 12.6. The quantitative estimate of drug-likeness (QED) is 0.841. The monoisotopic (exact) mass is 360 g/mol. The van der Waals surface area contributed by atoms with Crippen molar-refractivity contribution in [2.75, 3.05) is 25.5 Å². The number of hydrogen-bond acceptors (Lipinski definition) is 6. The van der Waals surface area contributed by atoms with Gasteiger partial charge in [-0.05, 0) is 41.0 Å². The smallest absolute Gasteiger partial charge is 0.321 e. The highest BCUT2D eigenvalue weighted by Gasteiger charge is 2.32. The zero-order chi connectivity index (χ0) is 18.7. The number of aliphatic carboxylic acids is 1. The van der Waals surface area contributed by atoms with E-state index < -0.39 is 11.9 Å². The molecule has 2 unspecified atom stereocenters. The van der Waals surface area contributed by atoms with Crippen molar-refractivity contribution in [3.05, 3.63) is 24.5 Å². The third kappa shape index (κ3) is 3.73. The number of benzene rings is 1. The Labute approximate surface area is 149 Å². The molecule has 1 aromatic carbocycles. The fourth-order valence-corrected chi connectivity index (χ4v) is 3.12. The maximum atomic E-state index is 12.6. The van der Waals surface area contributed by atoms with E-state index >= 15 is 0 Å². The van der Waals surface area contributed by atoms with E-state index in [1.807, 2.05) is 6.92 Å². The maximum Gasteiger partial charge on any atom is 0.321 e. The number of amides is 2. The fourth-order valence-electron chi connectivity index (χ4n) is 3.12. The highest BCUT2D eigenvalue weighted by molar-refractivity contribution is 5.90. The number of nitrogens with zero attached hydrogens (tertiary/aromatic N) is 5. The Morgan fingerprint density at radius 1 is 1.35 bits per heavy atom. The summed E-state index contributed by atoms with van der Waals surface area (Å²) in [4.78, 5) is 25.4. The minimum Gasteiger partial charge on any atom is -0.494 e. The van der Waals surface area contributed by atoms with Gasteiger partial charge in [0.15, 0.2) is 0 Å². The van der Waals surface area contributed by atoms with Crippen LogP contribution in [-0.2, 0) is 4.79 Å². The molecule has 1 aromatic heterocycles. The molecule has 0 saturated carbocycles. The van der Waals surface area contributed by atoms with Gasteiger partial charge in [0.25, 0.3) is 0 Å². The predicted molar refractivity (Wildman–Crippen MR) is 91.2 cm³/mol. The molecule has 1 aliphatic rings. The van der Waals surface area contributed by atoms with E-state index in [0.29, 0.717) is 30.1 Å². The summed E-state index contributed by atoms with van der Waals surface area (Å²) >= 11 is 0. The van der Waals surface area contributed by atoms with Gasteiger partial charge in [0.05, 0.1) is 13.0 Å². The van der Waals surface area contributed by atoms with Crippen molar-refractivity contribution in [2.45, 2.75) is 13.3 Å². The Morgan fingerprint density at radius 3 is 2.81 bits per heavy atom. The van der Waals surface area contributed by atoms with Crippen molar-refractivity contribution in [1.29, 1.82) is 0 Å². The number of anilines is 1. The SMILES string of the molecule is COc1ccc(NC(=O)N2CC(C)CC(C(=O)O)C2)cc1-n1cnnn1. The Morgan fingerprint density at radius 2 is 2.15 bits per heavy atom. The lowest BCUT2D eigenvalue weighted by Gasteiger charge is -2.34. The molecule has 10 heteroatoms. The second-order valence-corrected chi connectivity index (χ2v) is 6.35. The van der Waals surface area contributed by atoms with Crippen LogP contribution in [-0.4, -0.2) is 62.4 Å². The van der Waals surface area contributed by atoms with Crippen molar-refractivity contribution in [3.8, 4) is 11.4 Å². The van der Waals surface area contributed by atoms with Crippen molar-refractivity contribution < 1.29 is 19.4 Å². The van der Waals surface area contributed by atoms with Gasteiger partial charge in [0.2, 0.25) is 0 Å². The number of piperidine rings is 1. The minimum atomic E-state index is -0.875. The van der Waals surface area contributed by atoms with Crippen molar-refractivity contribution in [1.82, 2.24) is 25.1 Å². The zero-order valence-corrected chi connectivity index (χ0v) is 14.5. The van der Waals surface area contributed by atoms with Crippen LogP contribution in [0.2, 0.25) is 0 Å². The normalized spacial score (nSPS) is 19.8. The molecule has 1 aliphatic heterocycles. The van der Waals surface area contributed by atoms with E-state index in [9.17, 15) is 14.7 Å². The first kappa shape index (κ1) is 17.6. The molecule has 0 spiro atoms. The van der Waals surface area contributed by atoms with Crippen molar-refractivity contribution in [2.24, 2.45) is 11.8 Å². The van der Waals surface area contributed by atoms with E-state index in [2.05, 4.69) is 20.8 Å². The van der Waals surface area contributed by atoms with Gasteiger partial charge in [-0.25, -0.2) is 4.79 Å². The lowest BCUT2D eigenvalue weighted by molar-refractivity contribution is -0.143. The summed E-state index contributed by atoms with van der Waals surface area (Å²) in [5.41, 5.74) is 1.11. The molecule has 3 rings (SSSR count). The second-order valence-electron chi connectivity index (χ2n) is 6.35. The topological polar surface area (TPSA) is 122 Å². The summed E-state index contributed by atoms with van der Waals surface area (Å²) in [6, 6.07) is 4.75. The zero-order valence-electron chi connectivity index (χ0n) is 14.5. The molecule has 2 aromatic rings. The van der Waals surface area contributed by atoms with E-state index in [4.69, 9.17) is 4.74 Å². The van der Waals surface area contributed by atoms with Crippen LogP contribution in [0, 0.1) is 11.8 Å². The number of aromatic nitrogens is 4. The van der Waals surface area contributed by atoms with Crippen LogP contribution in [0.3, 0.4) is 0 Å². The number of carbonyl (C=O) groups is 2. The van der Waals surface area contributed by atoms with Crippen LogP contribution >= 0.6 is 0 Å². The molecule has 2 amide bonds. The van der Waals surface area contributed by atoms with Gasteiger partial charge in [-0.3, -0.25) is 4.79 Å². The number of carboxylic acids is 1. The van der Waals surface area contributed by atoms with Crippen LogP contribution < -0.4 is 10.1 Å². The van der Waals surface area contributed by atoms with E-state index in [-0.39, 0.29) is 18.5 Å². The molecule has 0 bridgehead atoms. The number of nitrogens with one attached hydrogen (secondary N) is 1. The second kappa shape index (κ2) is 7.38. The van der Waals surface area contributed by atoms with E-state index in [1.54, 1.807) is 18.2 Å². The summed E-state index contributed by atoms with van der Waals surface area (Å²) in [5, 5.41) is 23.1. The van der Waals surface area contributed by atoms with Gasteiger partial charge in [-0.1, -0.05) is 6.92 Å². The number of ether oxygens (including phenoxy) is 1. The average Bonchev–Trinajstić information content (AvgIpc) is 3.15. The molecule has 138 valence electrons. The number of urea groups is 1. The number of likely N-dealkylation sites (tertiary alicyclic amines) is 1. The van der Waals surface area contributed by atoms with Gasteiger partial charge in [-0.15, -0.1) is 5.10 Å². The Kier molecular flexibility index (Phi) is 5.01. The number of carboxylic acid groups (broad SMARTS) is 1. The first-order chi connectivity index (χ1) is 12.5. The summed E-state index contributed by atoms with van der Waals surface area (Å²) in [6.45, 7) is 2.66. The van der Waals surface area contributed by atoms with E-state index in [1.165, 1.54) is 23.0 Å². The first-order valence-electron chi connectivity index (χ1n) is 8.18. The minimum absolute atomic E-state index is 0.128. The van der Waals surface area contributed by atoms with Gasteiger partial charge >= 0.3 is 12.0 Å². The first-order valence-corrected chi connectivity index (χ1v) is 8.18. The molecule has 1 saturated heterocycles. The lowest BCUT2D eigenvalue weighted by atomic mass is 9.91. The molecular weight excluding hydrogens is 340 g/mol. The summed E-state index contributed by atoms with van der Waals surface area (Å²) < 4.78 is 6.72. The fraction of sp³-hybridized carbons (Fsp3) is 0.438. The largest absolute Gasteiger partial charge is 0.494 e. The number of carbonyl (C=O) groups excluding carboxylic acids is 1. The number of tetrazole rings is 1. The van der Waals surface area contributed by atoms with Crippen LogP contribution in [0.4, 0.5) is 10.5 Å². The van der Waals surface area contributed by atoms with Crippen LogP contribution in [0.25, 0.3) is 5.69 Å². The molecule has 2 atom stereocenters. The molecule has 0 radical (unpaired) electrons. The lowest BCUT2D eigenvalue weighted by Crippen LogP contribution is -2.47. The highest BCUT2D eigenvalue weighted by atomic mass is 16.5. The Bertz CT molecular complexity index is 794. The molecule has 1 fully saturated rings. The molecular formula is C16H20N6O4. The Hall–Kier alpha value is -3.17. The third-order valence-corrected chi connectivity index (χ3v) is 4.32. The molecule has 2 N–H and O–H groups in total. The van der Waals surface area contributed by atoms with Crippen molar-refractivity contribution >= 4 is 17.7 Å². The predicted octanol–water partition coefficient (Wildman–Crippen LogP) is 1.25. The van der Waals surface area contributed by atoms with Gasteiger partial charge < -0.3 is 20.1 Å². The molecule has 0 aliphatic carbocycles. The highest BCUT2D eigenvalue weighted by Crippen LogP contribution is 2.27. The van der Waals surface area contributed by atoms with Gasteiger partial charge in [0, 0.05) is 18.8 Å². The van der Waals surface area contributed by atoms with Crippen LogP contribution in [0.5, 0.6) is 5.75 Å². The van der Waals surface area contributed by atoms with Crippen LogP contribution in [0.15, 0.2) is 24.5 Å². The van der Waals surface area contributed by atoms with E-state index in [0.717, 1.165) is 0 Å². The standard InChI is InChI=1S/C16H20N6O4/c1-10-5-11(15(23)24)8-21(7-10)16(25)18-12-3-4-14(26-2)13(6-12)22-9-17-19-20-22/h3-4,6,9-11H,5,7-8H2,1-2H3,(H,18,25)(H,23,24). The molecule has 2 heterocycles. The molecule has 10 nitrogen and oxygen atoms in total. The summed E-state index contributed by atoms with van der Waals surface area (Å²) in [5.74, 6) is -0.743. The number of rotatable bonds is 4. The number of methoxy groups -OCH3 is 1. The van der Waals surface area contributed by atoms with Crippen LogP contribution in [0.1, 0.15) is 13.3 Å².